The van der Waals surface area contributed by atoms with Crippen molar-refractivity contribution in [3.63, 3.8) is 0 Å². The first-order chi connectivity index (χ1) is 11.1. The fraction of sp³-hybridized carbons (Fsp3) is 0.800. The van der Waals surface area contributed by atoms with Crippen LogP contribution >= 0.6 is 21.6 Å². The topological polar surface area (TPSA) is 93.7 Å². The number of nitrogens with one attached hydrogen (secondary N) is 2. The molecule has 0 saturated heterocycles. The first kappa shape index (κ1) is 23.1. The molecule has 0 aromatic rings. The van der Waals surface area contributed by atoms with Gasteiger partial charge in [0.25, 0.3) is 0 Å². The maximum atomic E-state index is 11.8. The number of carbonyl (C=O) groups excluding carboxylic acids is 3. The Morgan fingerprint density at radius 1 is 0.958 bits per heavy atom. The van der Waals surface area contributed by atoms with E-state index in [0.717, 1.165) is 0 Å². The zero-order chi connectivity index (χ0) is 18.8. The molecule has 0 aromatic heterocycles. The van der Waals surface area contributed by atoms with E-state index in [9.17, 15) is 14.4 Å². The number of hydrogen-bond donors (Lipinski definition) is 2. The molecule has 24 heavy (non-hydrogen) atoms. The van der Waals surface area contributed by atoms with Gasteiger partial charge in [-0.25, -0.2) is 4.79 Å². The maximum Gasteiger partial charge on any atom is 0.329 e. The van der Waals surface area contributed by atoms with Gasteiger partial charge in [-0.2, -0.15) is 0 Å². The van der Waals surface area contributed by atoms with Crippen molar-refractivity contribution in [2.24, 2.45) is 0 Å². The molecule has 0 aromatic carbocycles. The summed E-state index contributed by atoms with van der Waals surface area (Å²) < 4.78 is 9.50. The van der Waals surface area contributed by atoms with Gasteiger partial charge < -0.3 is 14.8 Å². The summed E-state index contributed by atoms with van der Waals surface area (Å²) in [6.07, 6.45) is 0.297. The van der Waals surface area contributed by atoms with Crippen molar-refractivity contribution in [2.45, 2.75) is 51.7 Å². The van der Waals surface area contributed by atoms with Gasteiger partial charge >= 0.3 is 11.9 Å². The summed E-state index contributed by atoms with van der Waals surface area (Å²) in [5, 5.41) is 5.82. The largest absolute Gasteiger partial charge is 0.468 e. The highest BCUT2D eigenvalue weighted by Crippen LogP contribution is 2.24. The van der Waals surface area contributed by atoms with Crippen molar-refractivity contribution in [3.05, 3.63) is 0 Å². The highest BCUT2D eigenvalue weighted by Gasteiger charge is 2.25. The molecule has 0 saturated carbocycles. The van der Waals surface area contributed by atoms with Gasteiger partial charge in [0.15, 0.2) is 0 Å². The minimum atomic E-state index is -0.702. The number of amides is 1. The highest BCUT2D eigenvalue weighted by molar-refractivity contribution is 8.76. The molecule has 0 aliphatic heterocycles. The van der Waals surface area contributed by atoms with Crippen LogP contribution in [0.1, 0.15) is 34.1 Å². The van der Waals surface area contributed by atoms with E-state index >= 15 is 0 Å². The van der Waals surface area contributed by atoms with Crippen LogP contribution in [0.4, 0.5) is 0 Å². The summed E-state index contributed by atoms with van der Waals surface area (Å²) >= 11 is 0. The Balaban J connectivity index is 4.48. The van der Waals surface area contributed by atoms with Gasteiger partial charge in [-0.05, 0) is 20.8 Å². The highest BCUT2D eigenvalue weighted by atomic mass is 33.1. The molecular formula is C15H28N2O5S2. The predicted molar refractivity (Wildman–Crippen MR) is 97.8 cm³/mol. The molecule has 0 fully saturated rings. The Bertz CT molecular complexity index is 427. The lowest BCUT2D eigenvalue weighted by Gasteiger charge is -2.26. The number of hydrogen-bond acceptors (Lipinski definition) is 8. The zero-order valence-corrected chi connectivity index (χ0v) is 16.8. The average molecular weight is 381 g/mol. The molecule has 0 bridgehead atoms. The molecule has 0 spiro atoms. The normalized spacial score (nSPS) is 13.8. The first-order valence-electron chi connectivity index (χ1n) is 7.61. The van der Waals surface area contributed by atoms with Crippen LogP contribution in [-0.4, -0.2) is 61.2 Å². The number of esters is 2. The number of methoxy groups -OCH3 is 2. The van der Waals surface area contributed by atoms with E-state index in [-0.39, 0.29) is 17.4 Å². The van der Waals surface area contributed by atoms with Crippen LogP contribution in [0.3, 0.4) is 0 Å². The average Bonchev–Trinajstić information content (AvgIpc) is 2.53. The third-order valence-electron chi connectivity index (χ3n) is 2.79. The van der Waals surface area contributed by atoms with Gasteiger partial charge in [0, 0.05) is 23.5 Å². The van der Waals surface area contributed by atoms with Crippen molar-refractivity contribution < 1.29 is 23.9 Å². The van der Waals surface area contributed by atoms with Crippen LogP contribution in [0.25, 0.3) is 0 Å². The van der Waals surface area contributed by atoms with Crippen LogP contribution < -0.4 is 10.6 Å². The Hall–Kier alpha value is -0.930. The molecule has 0 radical (unpaired) electrons. The molecular weight excluding hydrogens is 352 g/mol. The standard InChI is InChI=1S/C15H28N2O5S2/c1-7-12(18)16-10(13(19)21-5)8-23-24-9-11(14(20)22-6)17-15(2,3)4/h10-11,17H,7-9H2,1-6H3,(H,16,18). The number of rotatable bonds is 10. The van der Waals surface area contributed by atoms with Crippen LogP contribution in [0.15, 0.2) is 0 Å². The number of ether oxygens (including phenoxy) is 2. The molecule has 7 nitrogen and oxygen atoms in total. The third kappa shape index (κ3) is 10.0. The molecule has 2 N–H and O–H groups in total. The van der Waals surface area contributed by atoms with E-state index in [1.54, 1.807) is 6.92 Å². The van der Waals surface area contributed by atoms with Crippen molar-refractivity contribution in [1.29, 1.82) is 0 Å². The minimum absolute atomic E-state index is 0.210. The quantitative estimate of drug-likeness (QED) is 0.333. The Kier molecular flexibility index (Phi) is 11.1. The second-order valence-electron chi connectivity index (χ2n) is 6.04. The SMILES string of the molecule is CCC(=O)NC(CSSCC(NC(C)(C)C)C(=O)OC)C(=O)OC. The van der Waals surface area contributed by atoms with Gasteiger partial charge in [0.05, 0.1) is 14.2 Å². The summed E-state index contributed by atoms with van der Waals surface area (Å²) in [7, 11) is 5.46. The Morgan fingerprint density at radius 3 is 1.83 bits per heavy atom. The maximum absolute atomic E-state index is 11.8. The second-order valence-corrected chi connectivity index (χ2v) is 8.59. The summed E-state index contributed by atoms with van der Waals surface area (Å²) in [6, 6.07) is -1.15. The molecule has 1 amide bonds. The Labute approximate surface area is 151 Å². The lowest BCUT2D eigenvalue weighted by Crippen LogP contribution is -2.49. The minimum Gasteiger partial charge on any atom is -0.468 e. The monoisotopic (exact) mass is 380 g/mol. The van der Waals surface area contributed by atoms with Crippen molar-refractivity contribution >= 4 is 39.4 Å². The van der Waals surface area contributed by atoms with Crippen LogP contribution in [0, 0.1) is 0 Å². The summed E-state index contributed by atoms with van der Waals surface area (Å²) in [4.78, 5) is 35.0. The Morgan fingerprint density at radius 2 is 1.42 bits per heavy atom. The second kappa shape index (κ2) is 11.6. The molecule has 9 heteroatoms. The van der Waals surface area contributed by atoms with E-state index in [1.807, 2.05) is 20.8 Å². The molecule has 140 valence electrons. The van der Waals surface area contributed by atoms with E-state index < -0.39 is 18.1 Å². The van der Waals surface area contributed by atoms with Gasteiger partial charge in [-0.3, -0.25) is 14.9 Å². The molecule has 2 unspecified atom stereocenters. The first-order valence-corrected chi connectivity index (χ1v) is 10.1. The van der Waals surface area contributed by atoms with Crippen LogP contribution in [0.5, 0.6) is 0 Å². The van der Waals surface area contributed by atoms with Gasteiger partial charge in [0.1, 0.15) is 12.1 Å². The third-order valence-corrected chi connectivity index (χ3v) is 5.21. The van der Waals surface area contributed by atoms with Crippen LogP contribution in [-0.2, 0) is 23.9 Å². The van der Waals surface area contributed by atoms with Gasteiger partial charge in [-0.15, -0.1) is 0 Å². The molecule has 0 aliphatic rings. The fourth-order valence-corrected chi connectivity index (χ4v) is 3.97. The van der Waals surface area contributed by atoms with Gasteiger partial charge in [-0.1, -0.05) is 28.5 Å². The molecule has 0 heterocycles. The van der Waals surface area contributed by atoms with E-state index in [2.05, 4.69) is 10.6 Å². The zero-order valence-electron chi connectivity index (χ0n) is 15.1. The summed E-state index contributed by atoms with van der Waals surface area (Å²) in [5.74, 6) is -0.196. The lowest BCUT2D eigenvalue weighted by molar-refractivity contribution is -0.144. The fourth-order valence-electron chi connectivity index (χ4n) is 1.67. The predicted octanol–water partition coefficient (Wildman–Crippen LogP) is 1.37. The molecule has 2 atom stereocenters. The molecule has 0 aliphatic carbocycles. The number of carbonyl (C=O) groups is 3. The van der Waals surface area contributed by atoms with Crippen molar-refractivity contribution in [1.82, 2.24) is 10.6 Å². The van der Waals surface area contributed by atoms with Gasteiger partial charge in [0.2, 0.25) is 5.91 Å². The smallest absolute Gasteiger partial charge is 0.329 e. The lowest BCUT2D eigenvalue weighted by atomic mass is 10.1. The van der Waals surface area contributed by atoms with Crippen LogP contribution in [0.2, 0.25) is 0 Å². The van der Waals surface area contributed by atoms with E-state index in [0.29, 0.717) is 17.9 Å². The van der Waals surface area contributed by atoms with E-state index in [4.69, 9.17) is 9.47 Å². The molecule has 0 rings (SSSR count). The summed E-state index contributed by atoms with van der Waals surface area (Å²) in [5.41, 5.74) is -0.228. The van der Waals surface area contributed by atoms with E-state index in [1.165, 1.54) is 35.8 Å². The van der Waals surface area contributed by atoms with Crippen molar-refractivity contribution in [3.8, 4) is 0 Å². The van der Waals surface area contributed by atoms with Crippen molar-refractivity contribution in [2.75, 3.05) is 25.7 Å². The summed E-state index contributed by atoms with van der Waals surface area (Å²) in [6.45, 7) is 7.61.